The summed E-state index contributed by atoms with van der Waals surface area (Å²) in [5.41, 5.74) is 1.95. The van der Waals surface area contributed by atoms with Gasteiger partial charge in [-0.15, -0.1) is 0 Å². The molecule has 13 nitrogen and oxygen atoms in total. The quantitative estimate of drug-likeness (QED) is 0.281. The van der Waals surface area contributed by atoms with Crippen LogP contribution in [0, 0.1) is 13.8 Å². The van der Waals surface area contributed by atoms with Gasteiger partial charge in [-0.2, -0.15) is 0 Å². The topological polar surface area (TPSA) is 155 Å². The Morgan fingerprint density at radius 3 is 2.39 bits per heavy atom. The predicted molar refractivity (Wildman–Crippen MR) is 172 cm³/mol. The summed E-state index contributed by atoms with van der Waals surface area (Å²) in [5.74, 6) is 0.906. The van der Waals surface area contributed by atoms with Crippen molar-refractivity contribution in [1.29, 1.82) is 0 Å². The molecule has 0 spiro atoms. The molecule has 0 bridgehead atoms. The Morgan fingerprint density at radius 1 is 1.02 bits per heavy atom. The van der Waals surface area contributed by atoms with Crippen molar-refractivity contribution in [3.05, 3.63) is 73.6 Å². The normalized spacial score (nSPS) is 14.5. The molecule has 0 aliphatic carbocycles. The third kappa shape index (κ3) is 6.56. The highest BCUT2D eigenvalue weighted by Gasteiger charge is 2.26. The number of hydrogen-bond donors (Lipinski definition) is 2. The fourth-order valence-corrected chi connectivity index (χ4v) is 5.98. The third-order valence-electron chi connectivity index (χ3n) is 7.23. The molecule has 1 aromatic carbocycles. The first-order valence-electron chi connectivity index (χ1n) is 13.7. The molecule has 1 saturated heterocycles. The van der Waals surface area contributed by atoms with E-state index in [2.05, 4.69) is 30.1 Å². The van der Waals surface area contributed by atoms with Gasteiger partial charge in [0.15, 0.2) is 11.5 Å². The average Bonchev–Trinajstić information content (AvgIpc) is 2.96. The van der Waals surface area contributed by atoms with Crippen LogP contribution in [0.15, 0.2) is 35.3 Å². The summed E-state index contributed by atoms with van der Waals surface area (Å²) in [4.78, 5) is 48.2. The van der Waals surface area contributed by atoms with E-state index in [0.29, 0.717) is 65.3 Å². The van der Waals surface area contributed by atoms with Crippen LogP contribution in [0.3, 0.4) is 0 Å². The fraction of sp³-hybridized carbons (Fsp3) is 0.357. The van der Waals surface area contributed by atoms with Crippen molar-refractivity contribution in [2.24, 2.45) is 7.05 Å². The molecular formula is C28H31Cl2N9O4S. The van der Waals surface area contributed by atoms with E-state index in [1.807, 2.05) is 31.6 Å². The number of benzene rings is 1. The number of piperazine rings is 1. The zero-order valence-corrected chi connectivity index (χ0v) is 27.0. The number of aryl methyl sites for hydroxylation is 2. The molecule has 1 atom stereocenters. The minimum absolute atomic E-state index is 0.0230. The molecule has 2 N–H and O–H groups in total. The van der Waals surface area contributed by atoms with Crippen LogP contribution >= 0.6 is 23.2 Å². The van der Waals surface area contributed by atoms with Gasteiger partial charge in [0.2, 0.25) is 16.0 Å². The summed E-state index contributed by atoms with van der Waals surface area (Å²) in [7, 11) is -2.14. The maximum Gasteiger partial charge on any atom is 0.285 e. The van der Waals surface area contributed by atoms with E-state index in [1.54, 1.807) is 29.9 Å². The lowest BCUT2D eigenvalue weighted by Crippen LogP contribution is -2.48. The molecule has 4 heterocycles. The number of nitrogens with one attached hydrogen (secondary N) is 2. The van der Waals surface area contributed by atoms with Crippen LogP contribution in [-0.4, -0.2) is 71.3 Å². The van der Waals surface area contributed by atoms with Crippen molar-refractivity contribution in [2.45, 2.75) is 26.8 Å². The van der Waals surface area contributed by atoms with Gasteiger partial charge in [0.25, 0.3) is 11.5 Å². The van der Waals surface area contributed by atoms with Crippen LogP contribution in [0.2, 0.25) is 10.2 Å². The maximum atomic E-state index is 13.7. The molecule has 5 rings (SSSR count). The lowest BCUT2D eigenvalue weighted by Gasteiger charge is -2.36. The molecule has 3 aromatic heterocycles. The van der Waals surface area contributed by atoms with E-state index in [9.17, 15) is 18.0 Å². The van der Waals surface area contributed by atoms with Crippen LogP contribution in [-0.2, 0) is 17.1 Å². The van der Waals surface area contributed by atoms with Crippen molar-refractivity contribution < 1.29 is 13.2 Å². The van der Waals surface area contributed by atoms with Gasteiger partial charge in [-0.1, -0.05) is 29.3 Å². The number of aromatic nitrogens is 5. The molecule has 0 saturated carbocycles. The summed E-state index contributed by atoms with van der Waals surface area (Å²) >= 11 is 12.4. The molecule has 1 fully saturated rings. The first-order valence-corrected chi connectivity index (χ1v) is 16.3. The molecule has 232 valence electrons. The van der Waals surface area contributed by atoms with Gasteiger partial charge in [-0.3, -0.25) is 14.2 Å². The Balaban J connectivity index is 1.49. The van der Waals surface area contributed by atoms with Gasteiger partial charge in [-0.05, 0) is 44.5 Å². The number of sulfonamides is 1. The largest absolute Gasteiger partial charge is 0.377 e. The van der Waals surface area contributed by atoms with E-state index in [0.717, 1.165) is 11.8 Å². The summed E-state index contributed by atoms with van der Waals surface area (Å²) in [6.45, 7) is 7.94. The summed E-state index contributed by atoms with van der Waals surface area (Å²) in [6.07, 6.45) is 2.47. The Morgan fingerprint density at radius 2 is 1.70 bits per heavy atom. The maximum absolute atomic E-state index is 13.7. The van der Waals surface area contributed by atoms with Crippen LogP contribution < -0.4 is 25.4 Å². The van der Waals surface area contributed by atoms with Crippen LogP contribution in [0.4, 0.5) is 17.5 Å². The number of amides is 1. The number of pyridine rings is 1. The molecule has 44 heavy (non-hydrogen) atoms. The second-order valence-corrected chi connectivity index (χ2v) is 13.2. The van der Waals surface area contributed by atoms with E-state index < -0.39 is 22.0 Å². The summed E-state index contributed by atoms with van der Waals surface area (Å²) in [5, 5.41) is 4.19. The minimum atomic E-state index is -3.84. The first kappa shape index (κ1) is 31.4. The van der Waals surface area contributed by atoms with E-state index >= 15 is 0 Å². The molecule has 1 amide bonds. The number of halogens is 2. The Labute approximate surface area is 264 Å². The van der Waals surface area contributed by atoms with E-state index in [1.165, 1.54) is 6.07 Å². The van der Waals surface area contributed by atoms with Crippen molar-refractivity contribution >= 4 is 67.5 Å². The average molecular weight is 661 g/mol. The highest BCUT2D eigenvalue weighted by molar-refractivity contribution is 7.89. The standard InChI is InChI=1S/C28H31Cl2N9O4S/c1-15-12-18(16(2)32-21-6-7-22(30)34-24(21)26(40)36-44(5,42)43)23-19(13-15)27(41)37(4)28(35-23)39-10-8-38(9-11-39)25-20(29)14-31-17(3)33-25/h6-7,12-14,16,32H,8-11H2,1-5H3,(H,36,40)/t16-/m1/s1. The molecule has 0 radical (unpaired) electrons. The number of rotatable bonds is 7. The Hall–Kier alpha value is -4.01. The highest BCUT2D eigenvalue weighted by Crippen LogP contribution is 2.30. The lowest BCUT2D eigenvalue weighted by molar-refractivity contribution is 0.0977. The van der Waals surface area contributed by atoms with Crippen LogP contribution in [0.5, 0.6) is 0 Å². The predicted octanol–water partition coefficient (Wildman–Crippen LogP) is 3.23. The SMILES string of the molecule is Cc1cc([C@@H](C)Nc2ccc(Cl)nc2C(=O)NS(C)(=O)=O)c2nc(N3CCN(c4nc(C)ncc4Cl)CC3)n(C)c(=O)c2c1. The van der Waals surface area contributed by atoms with Crippen LogP contribution in [0.1, 0.15) is 40.4 Å². The molecule has 0 unspecified atom stereocenters. The second-order valence-electron chi connectivity index (χ2n) is 10.7. The molecule has 1 aliphatic rings. The number of hydrogen-bond acceptors (Lipinski definition) is 11. The second kappa shape index (κ2) is 12.2. The minimum Gasteiger partial charge on any atom is -0.377 e. The van der Waals surface area contributed by atoms with Gasteiger partial charge >= 0.3 is 0 Å². The van der Waals surface area contributed by atoms with Crippen molar-refractivity contribution in [3.8, 4) is 0 Å². The summed E-state index contributed by atoms with van der Waals surface area (Å²) in [6, 6.07) is 6.29. The van der Waals surface area contributed by atoms with E-state index in [4.69, 9.17) is 28.2 Å². The zero-order valence-electron chi connectivity index (χ0n) is 24.7. The lowest BCUT2D eigenvalue weighted by atomic mass is 10.0. The van der Waals surface area contributed by atoms with Crippen molar-refractivity contribution in [2.75, 3.05) is 47.6 Å². The number of nitrogens with zero attached hydrogens (tertiary/aromatic N) is 7. The molecule has 1 aliphatic heterocycles. The number of carbonyl (C=O) groups is 1. The smallest absolute Gasteiger partial charge is 0.285 e. The number of fused-ring (bicyclic) bond motifs is 1. The fourth-order valence-electron chi connectivity index (χ4n) is 5.19. The van der Waals surface area contributed by atoms with Crippen molar-refractivity contribution in [1.82, 2.24) is 29.2 Å². The number of carbonyl (C=O) groups excluding carboxylic acids is 1. The zero-order chi connectivity index (χ0) is 31.9. The van der Waals surface area contributed by atoms with Gasteiger partial charge < -0.3 is 15.1 Å². The Bertz CT molecular complexity index is 1940. The molecule has 4 aromatic rings. The van der Waals surface area contributed by atoms with Gasteiger partial charge in [-0.25, -0.2) is 33.1 Å². The summed E-state index contributed by atoms with van der Waals surface area (Å²) < 4.78 is 26.9. The van der Waals surface area contributed by atoms with Crippen molar-refractivity contribution in [3.63, 3.8) is 0 Å². The third-order valence-corrected chi connectivity index (χ3v) is 8.26. The van der Waals surface area contributed by atoms with E-state index in [-0.39, 0.29) is 22.1 Å². The molecular weight excluding hydrogens is 629 g/mol. The molecule has 16 heteroatoms. The van der Waals surface area contributed by atoms with Gasteiger partial charge in [0.1, 0.15) is 16.0 Å². The number of anilines is 3. The van der Waals surface area contributed by atoms with Crippen LogP contribution in [0.25, 0.3) is 10.9 Å². The monoisotopic (exact) mass is 659 g/mol. The Kier molecular flexibility index (Phi) is 8.69. The first-order chi connectivity index (χ1) is 20.7. The van der Waals surface area contributed by atoms with Gasteiger partial charge in [0.05, 0.1) is 35.1 Å². The van der Waals surface area contributed by atoms with Gasteiger partial charge in [0, 0.05) is 38.8 Å². The highest BCUT2D eigenvalue weighted by atomic mass is 35.5.